The Morgan fingerprint density at radius 2 is 2.26 bits per heavy atom. The molecule has 1 rings (SSSR count). The van der Waals surface area contributed by atoms with E-state index in [0.29, 0.717) is 42.8 Å². The minimum absolute atomic E-state index is 0.104. The lowest BCUT2D eigenvalue weighted by Gasteiger charge is -2.12. The molecule has 0 saturated heterocycles. The van der Waals surface area contributed by atoms with E-state index in [1.807, 2.05) is 0 Å². The first-order valence-corrected chi connectivity index (χ1v) is 6.14. The van der Waals surface area contributed by atoms with Crippen LogP contribution in [0.3, 0.4) is 0 Å². The highest BCUT2D eigenvalue weighted by Gasteiger charge is 2.10. The van der Waals surface area contributed by atoms with Gasteiger partial charge in [0.1, 0.15) is 5.75 Å². The molecule has 0 aromatic carbocycles. The van der Waals surface area contributed by atoms with Crippen molar-refractivity contribution in [2.45, 2.75) is 32.9 Å². The predicted molar refractivity (Wildman–Crippen MR) is 69.5 cm³/mol. The highest BCUT2D eigenvalue weighted by Crippen LogP contribution is 2.23. The fraction of sp³-hybridized carbons (Fsp3) is 0.538. The Balaban J connectivity index is 2.49. The molecule has 6 heteroatoms. The molecule has 3 N–H and O–H groups in total. The van der Waals surface area contributed by atoms with Crippen molar-refractivity contribution in [1.29, 1.82) is 0 Å². The normalized spacial score (nSPS) is 10.5. The maximum absolute atomic E-state index is 10.9. The third-order valence-electron chi connectivity index (χ3n) is 2.86. The van der Waals surface area contributed by atoms with Crippen LogP contribution < -0.4 is 5.32 Å². The van der Waals surface area contributed by atoms with E-state index < -0.39 is 0 Å². The Labute approximate surface area is 112 Å². The first-order valence-electron chi connectivity index (χ1n) is 6.14. The quantitative estimate of drug-likeness (QED) is 0.496. The zero-order valence-electron chi connectivity index (χ0n) is 11.3. The van der Waals surface area contributed by atoms with Gasteiger partial charge in [0, 0.05) is 30.3 Å². The number of aromatic nitrogens is 1. The zero-order chi connectivity index (χ0) is 14.3. The molecule has 0 bridgehead atoms. The molecule has 0 amide bonds. The summed E-state index contributed by atoms with van der Waals surface area (Å²) in [6.45, 7) is 2.59. The SMILES string of the molecule is COC(=O)CCCNCc1c(CO)cnc(C)c1O. The topological polar surface area (TPSA) is 91.7 Å². The van der Waals surface area contributed by atoms with E-state index in [1.54, 1.807) is 13.1 Å². The van der Waals surface area contributed by atoms with E-state index in [1.165, 1.54) is 7.11 Å². The van der Waals surface area contributed by atoms with Gasteiger partial charge in [-0.3, -0.25) is 9.78 Å². The molecule has 0 aliphatic heterocycles. The molecular weight excluding hydrogens is 248 g/mol. The average Bonchev–Trinajstić information content (AvgIpc) is 2.42. The number of methoxy groups -OCH3 is 1. The maximum atomic E-state index is 10.9. The summed E-state index contributed by atoms with van der Waals surface area (Å²) in [5.74, 6) is -0.132. The number of esters is 1. The van der Waals surface area contributed by atoms with Crippen LogP contribution in [0.25, 0.3) is 0 Å². The molecule has 1 heterocycles. The van der Waals surface area contributed by atoms with Crippen LogP contribution in [0.5, 0.6) is 5.75 Å². The number of aryl methyl sites for hydroxylation is 1. The van der Waals surface area contributed by atoms with Gasteiger partial charge in [-0.25, -0.2) is 0 Å². The number of nitrogens with zero attached hydrogens (tertiary/aromatic N) is 1. The number of ether oxygens (including phenoxy) is 1. The van der Waals surface area contributed by atoms with Gasteiger partial charge >= 0.3 is 5.97 Å². The lowest BCUT2D eigenvalue weighted by Crippen LogP contribution is -2.17. The van der Waals surface area contributed by atoms with Gasteiger partial charge in [-0.2, -0.15) is 0 Å². The average molecular weight is 268 g/mol. The summed E-state index contributed by atoms with van der Waals surface area (Å²) in [5, 5.41) is 22.2. The molecular formula is C13H20N2O4. The molecule has 106 valence electrons. The Morgan fingerprint density at radius 1 is 1.53 bits per heavy atom. The smallest absolute Gasteiger partial charge is 0.305 e. The molecule has 1 aromatic rings. The summed E-state index contributed by atoms with van der Waals surface area (Å²) in [7, 11) is 1.36. The summed E-state index contributed by atoms with van der Waals surface area (Å²) in [5.41, 5.74) is 1.78. The Bertz CT molecular complexity index is 435. The number of rotatable bonds is 7. The summed E-state index contributed by atoms with van der Waals surface area (Å²) < 4.78 is 4.54. The van der Waals surface area contributed by atoms with E-state index in [9.17, 15) is 15.0 Å². The van der Waals surface area contributed by atoms with Gasteiger partial charge in [-0.15, -0.1) is 0 Å². The molecule has 0 radical (unpaired) electrons. The standard InChI is InChI=1S/C13H20N2O4/c1-9-13(18)11(10(8-16)6-15-9)7-14-5-3-4-12(17)19-2/h6,14,16,18H,3-5,7-8H2,1-2H3. The number of carbonyl (C=O) groups is 1. The number of pyridine rings is 1. The predicted octanol–water partition coefficient (Wildman–Crippen LogP) is 0.631. The second-order valence-electron chi connectivity index (χ2n) is 4.21. The number of hydrogen-bond acceptors (Lipinski definition) is 6. The Morgan fingerprint density at radius 3 is 2.89 bits per heavy atom. The summed E-state index contributed by atoms with van der Waals surface area (Å²) in [6, 6.07) is 0. The molecule has 1 aromatic heterocycles. The fourth-order valence-corrected chi connectivity index (χ4v) is 1.69. The third kappa shape index (κ3) is 4.50. The van der Waals surface area contributed by atoms with Crippen molar-refractivity contribution in [1.82, 2.24) is 10.3 Å². The zero-order valence-corrected chi connectivity index (χ0v) is 11.3. The number of aromatic hydroxyl groups is 1. The largest absolute Gasteiger partial charge is 0.506 e. The summed E-state index contributed by atoms with van der Waals surface area (Å²) in [6.07, 6.45) is 2.57. The van der Waals surface area contributed by atoms with E-state index in [2.05, 4.69) is 15.0 Å². The van der Waals surface area contributed by atoms with Crippen molar-refractivity contribution in [2.75, 3.05) is 13.7 Å². The molecule has 0 fully saturated rings. The minimum Gasteiger partial charge on any atom is -0.506 e. The van der Waals surface area contributed by atoms with Crippen molar-refractivity contribution in [3.63, 3.8) is 0 Å². The monoisotopic (exact) mass is 268 g/mol. The molecule has 6 nitrogen and oxygen atoms in total. The van der Waals surface area contributed by atoms with E-state index in [4.69, 9.17) is 0 Å². The fourth-order valence-electron chi connectivity index (χ4n) is 1.69. The van der Waals surface area contributed by atoms with Crippen LogP contribution in [-0.4, -0.2) is 34.8 Å². The lowest BCUT2D eigenvalue weighted by molar-refractivity contribution is -0.140. The lowest BCUT2D eigenvalue weighted by atomic mass is 10.1. The molecule has 0 unspecified atom stereocenters. The first-order chi connectivity index (χ1) is 9.10. The molecule has 0 aliphatic rings. The van der Waals surface area contributed by atoms with Gasteiger partial charge in [0.25, 0.3) is 0 Å². The number of hydrogen-bond donors (Lipinski definition) is 3. The minimum atomic E-state index is -0.236. The number of carbonyl (C=O) groups excluding carboxylic acids is 1. The van der Waals surface area contributed by atoms with Crippen LogP contribution in [0, 0.1) is 6.92 Å². The molecule has 0 aliphatic carbocycles. The second-order valence-corrected chi connectivity index (χ2v) is 4.21. The van der Waals surface area contributed by atoms with Crippen LogP contribution in [0.1, 0.15) is 29.7 Å². The van der Waals surface area contributed by atoms with Crippen molar-refractivity contribution < 1.29 is 19.7 Å². The van der Waals surface area contributed by atoms with E-state index in [-0.39, 0.29) is 18.3 Å². The number of nitrogens with one attached hydrogen (secondary N) is 1. The summed E-state index contributed by atoms with van der Waals surface area (Å²) in [4.78, 5) is 14.9. The highest BCUT2D eigenvalue weighted by molar-refractivity contribution is 5.69. The Hall–Kier alpha value is -1.66. The van der Waals surface area contributed by atoms with Crippen molar-refractivity contribution in [2.24, 2.45) is 0 Å². The molecule has 0 atom stereocenters. The molecule has 0 saturated carbocycles. The van der Waals surface area contributed by atoms with Gasteiger partial charge < -0.3 is 20.3 Å². The highest BCUT2D eigenvalue weighted by atomic mass is 16.5. The molecule has 0 spiro atoms. The number of aliphatic hydroxyl groups excluding tert-OH is 1. The van der Waals surface area contributed by atoms with Crippen molar-refractivity contribution in [3.05, 3.63) is 23.0 Å². The third-order valence-corrected chi connectivity index (χ3v) is 2.86. The van der Waals surface area contributed by atoms with Gasteiger partial charge in [0.2, 0.25) is 0 Å². The van der Waals surface area contributed by atoms with Crippen LogP contribution in [0.4, 0.5) is 0 Å². The Kier molecular flexibility index (Phi) is 6.24. The van der Waals surface area contributed by atoms with Gasteiger partial charge in [-0.05, 0) is 19.9 Å². The van der Waals surface area contributed by atoms with E-state index in [0.717, 1.165) is 0 Å². The van der Waals surface area contributed by atoms with Crippen molar-refractivity contribution in [3.8, 4) is 5.75 Å². The molecule has 19 heavy (non-hydrogen) atoms. The van der Waals surface area contributed by atoms with Crippen molar-refractivity contribution >= 4 is 5.97 Å². The maximum Gasteiger partial charge on any atom is 0.305 e. The van der Waals surface area contributed by atoms with Gasteiger partial charge in [0.05, 0.1) is 19.4 Å². The van der Waals surface area contributed by atoms with E-state index >= 15 is 0 Å². The van der Waals surface area contributed by atoms with Gasteiger partial charge in [-0.1, -0.05) is 0 Å². The van der Waals surface area contributed by atoms with Crippen LogP contribution in [0.2, 0.25) is 0 Å². The second kappa shape index (κ2) is 7.70. The number of aliphatic hydroxyl groups is 1. The van der Waals surface area contributed by atoms with Crippen LogP contribution >= 0.6 is 0 Å². The first kappa shape index (κ1) is 15.4. The van der Waals surface area contributed by atoms with Crippen LogP contribution in [-0.2, 0) is 22.7 Å². The summed E-state index contributed by atoms with van der Waals surface area (Å²) >= 11 is 0. The van der Waals surface area contributed by atoms with Crippen LogP contribution in [0.15, 0.2) is 6.20 Å². The van der Waals surface area contributed by atoms with Gasteiger partial charge in [0.15, 0.2) is 0 Å².